The molecule has 3 nitrogen and oxygen atoms in total. The van der Waals surface area contributed by atoms with Gasteiger partial charge < -0.3 is 5.32 Å². The smallest absolute Gasteiger partial charge is 0.137 e. The molecular weight excluding hydrogens is 270 g/mol. The molecule has 20 heavy (non-hydrogen) atoms. The fourth-order valence-electron chi connectivity index (χ4n) is 2.98. The van der Waals surface area contributed by atoms with E-state index in [1.54, 1.807) is 0 Å². The van der Waals surface area contributed by atoms with Crippen molar-refractivity contribution in [3.63, 3.8) is 0 Å². The van der Waals surface area contributed by atoms with Gasteiger partial charge in [0.15, 0.2) is 0 Å². The second-order valence-electron chi connectivity index (χ2n) is 7.38. The van der Waals surface area contributed by atoms with Crippen molar-refractivity contribution >= 4 is 17.4 Å². The molecule has 1 aromatic heterocycles. The normalized spacial score (nSPS) is 20.2. The monoisotopic (exact) mass is 295 g/mol. The maximum absolute atomic E-state index is 6.21. The molecule has 0 unspecified atom stereocenters. The van der Waals surface area contributed by atoms with E-state index in [4.69, 9.17) is 11.6 Å². The van der Waals surface area contributed by atoms with Gasteiger partial charge in [0, 0.05) is 18.0 Å². The molecule has 0 bridgehead atoms. The maximum atomic E-state index is 6.21. The number of anilines is 1. The highest BCUT2D eigenvalue weighted by atomic mass is 35.5. The summed E-state index contributed by atoms with van der Waals surface area (Å²) in [6.45, 7) is 16.4. The first-order chi connectivity index (χ1) is 9.09. The molecule has 1 aromatic rings. The van der Waals surface area contributed by atoms with Crippen LogP contribution < -0.4 is 5.32 Å². The summed E-state index contributed by atoms with van der Waals surface area (Å²) in [5.41, 5.74) is 1.70. The van der Waals surface area contributed by atoms with E-state index >= 15 is 0 Å². The zero-order chi connectivity index (χ0) is 15.3. The van der Waals surface area contributed by atoms with Gasteiger partial charge >= 0.3 is 0 Å². The van der Waals surface area contributed by atoms with E-state index in [0.717, 1.165) is 23.8 Å². The molecular formula is C16H26ClN3. The second kappa shape index (κ2) is 4.87. The largest absolute Gasteiger partial charge is 0.369 e. The number of halogens is 1. The quantitative estimate of drug-likeness (QED) is 0.821. The van der Waals surface area contributed by atoms with Crippen molar-refractivity contribution in [2.45, 2.75) is 54.4 Å². The van der Waals surface area contributed by atoms with Crippen molar-refractivity contribution in [2.75, 3.05) is 11.9 Å². The van der Waals surface area contributed by atoms with Crippen LogP contribution in [-0.4, -0.2) is 16.5 Å². The summed E-state index contributed by atoms with van der Waals surface area (Å²) < 4.78 is 0. The third-order valence-electron chi connectivity index (χ3n) is 5.41. The molecule has 1 aliphatic carbocycles. The molecule has 0 aromatic carbocycles. The average Bonchev–Trinajstić information content (AvgIpc) is 2.71. The van der Waals surface area contributed by atoms with Crippen molar-refractivity contribution in [2.24, 2.45) is 16.7 Å². The van der Waals surface area contributed by atoms with E-state index in [1.807, 2.05) is 6.92 Å². The molecule has 0 atom stereocenters. The molecule has 0 amide bonds. The molecule has 1 aliphatic rings. The van der Waals surface area contributed by atoms with Crippen LogP contribution in [0, 0.1) is 23.7 Å². The van der Waals surface area contributed by atoms with E-state index in [0.29, 0.717) is 21.9 Å². The lowest BCUT2D eigenvalue weighted by atomic mass is 10.0. The predicted octanol–water partition coefficient (Wildman–Crippen LogP) is 4.66. The van der Waals surface area contributed by atoms with Gasteiger partial charge in [0.25, 0.3) is 0 Å². The van der Waals surface area contributed by atoms with E-state index in [2.05, 4.69) is 56.8 Å². The Hall–Kier alpha value is -0.830. The number of hydrogen-bond donors (Lipinski definition) is 1. The van der Waals surface area contributed by atoms with Crippen LogP contribution >= 0.6 is 11.6 Å². The Balaban J connectivity index is 2.15. The predicted molar refractivity (Wildman–Crippen MR) is 85.4 cm³/mol. The summed E-state index contributed by atoms with van der Waals surface area (Å²) in [7, 11) is 0. The summed E-state index contributed by atoms with van der Waals surface area (Å²) in [6.07, 6.45) is 0. The summed E-state index contributed by atoms with van der Waals surface area (Å²) in [6, 6.07) is 0. The van der Waals surface area contributed by atoms with Crippen molar-refractivity contribution < 1.29 is 0 Å². The van der Waals surface area contributed by atoms with Gasteiger partial charge in [-0.25, -0.2) is 9.97 Å². The van der Waals surface area contributed by atoms with Gasteiger partial charge in [0.1, 0.15) is 16.8 Å². The maximum Gasteiger partial charge on any atom is 0.137 e. The van der Waals surface area contributed by atoms with Gasteiger partial charge in [0.05, 0.1) is 0 Å². The zero-order valence-corrected chi connectivity index (χ0v) is 14.4. The Morgan fingerprint density at radius 3 is 2.15 bits per heavy atom. The summed E-state index contributed by atoms with van der Waals surface area (Å²) in [5.74, 6) is 2.62. The average molecular weight is 296 g/mol. The van der Waals surface area contributed by atoms with Gasteiger partial charge in [-0.3, -0.25) is 0 Å². The van der Waals surface area contributed by atoms with Crippen LogP contribution in [0.25, 0.3) is 0 Å². The van der Waals surface area contributed by atoms with Crippen LogP contribution in [0.15, 0.2) is 0 Å². The van der Waals surface area contributed by atoms with Crippen LogP contribution in [0.2, 0.25) is 5.15 Å². The summed E-state index contributed by atoms with van der Waals surface area (Å²) in [5, 5.41) is 4.04. The Bertz CT molecular complexity index is 507. The van der Waals surface area contributed by atoms with Gasteiger partial charge in [-0.2, -0.15) is 0 Å². The lowest BCUT2D eigenvalue weighted by Crippen LogP contribution is -2.12. The standard InChI is InChI=1S/C16H26ClN3/c1-9(2)13-19-12(17)10(3)14(20-13)18-8-11-15(4,5)16(11,6)7/h9,11H,8H2,1-7H3,(H,18,19,20). The van der Waals surface area contributed by atoms with Crippen LogP contribution in [0.1, 0.15) is 58.8 Å². The van der Waals surface area contributed by atoms with E-state index in [1.165, 1.54) is 0 Å². The van der Waals surface area contributed by atoms with Crippen LogP contribution in [-0.2, 0) is 0 Å². The Labute approximate surface area is 127 Å². The Morgan fingerprint density at radius 2 is 1.70 bits per heavy atom. The van der Waals surface area contributed by atoms with E-state index in [9.17, 15) is 0 Å². The Kier molecular flexibility index (Phi) is 3.79. The van der Waals surface area contributed by atoms with E-state index < -0.39 is 0 Å². The molecule has 1 saturated carbocycles. The van der Waals surface area contributed by atoms with Crippen LogP contribution in [0.4, 0.5) is 5.82 Å². The van der Waals surface area contributed by atoms with Crippen molar-refractivity contribution in [3.05, 3.63) is 16.5 Å². The SMILES string of the molecule is Cc1c(Cl)nc(C(C)C)nc1NCC1C(C)(C)C1(C)C. The molecule has 4 heteroatoms. The van der Waals surface area contributed by atoms with Crippen molar-refractivity contribution in [3.8, 4) is 0 Å². The first-order valence-corrected chi connectivity index (χ1v) is 7.74. The lowest BCUT2D eigenvalue weighted by molar-refractivity contribution is 0.457. The van der Waals surface area contributed by atoms with Gasteiger partial charge in [-0.15, -0.1) is 0 Å². The fraction of sp³-hybridized carbons (Fsp3) is 0.750. The minimum atomic E-state index is 0.280. The van der Waals surface area contributed by atoms with Crippen molar-refractivity contribution in [1.82, 2.24) is 9.97 Å². The second-order valence-corrected chi connectivity index (χ2v) is 7.74. The topological polar surface area (TPSA) is 37.8 Å². The first-order valence-electron chi connectivity index (χ1n) is 7.37. The molecule has 2 rings (SSSR count). The number of nitrogens with one attached hydrogen (secondary N) is 1. The molecule has 1 fully saturated rings. The molecule has 1 N–H and O–H groups in total. The Morgan fingerprint density at radius 1 is 1.15 bits per heavy atom. The van der Waals surface area contributed by atoms with Gasteiger partial charge in [-0.1, -0.05) is 53.1 Å². The third kappa shape index (κ3) is 2.41. The number of nitrogens with zero attached hydrogens (tertiary/aromatic N) is 2. The highest BCUT2D eigenvalue weighted by molar-refractivity contribution is 6.30. The minimum absolute atomic E-state index is 0.280. The van der Waals surface area contributed by atoms with Gasteiger partial charge in [-0.05, 0) is 23.7 Å². The number of aromatic nitrogens is 2. The number of rotatable bonds is 4. The summed E-state index contributed by atoms with van der Waals surface area (Å²) >= 11 is 6.21. The highest BCUT2D eigenvalue weighted by Gasteiger charge is 2.64. The molecule has 0 saturated heterocycles. The molecule has 0 aliphatic heterocycles. The summed E-state index contributed by atoms with van der Waals surface area (Å²) in [4.78, 5) is 8.97. The zero-order valence-electron chi connectivity index (χ0n) is 13.6. The van der Waals surface area contributed by atoms with Crippen LogP contribution in [0.5, 0.6) is 0 Å². The fourth-order valence-corrected chi connectivity index (χ4v) is 3.15. The number of hydrogen-bond acceptors (Lipinski definition) is 3. The highest BCUT2D eigenvalue weighted by Crippen LogP contribution is 2.68. The first kappa shape index (κ1) is 15.6. The molecule has 0 radical (unpaired) electrons. The van der Waals surface area contributed by atoms with Crippen molar-refractivity contribution in [1.29, 1.82) is 0 Å². The lowest BCUT2D eigenvalue weighted by Gasteiger charge is -2.13. The molecule has 1 heterocycles. The molecule has 0 spiro atoms. The third-order valence-corrected chi connectivity index (χ3v) is 5.78. The van der Waals surface area contributed by atoms with E-state index in [-0.39, 0.29) is 5.92 Å². The van der Waals surface area contributed by atoms with Gasteiger partial charge in [0.2, 0.25) is 0 Å². The minimum Gasteiger partial charge on any atom is -0.369 e. The molecule has 112 valence electrons. The van der Waals surface area contributed by atoms with Crippen LogP contribution in [0.3, 0.4) is 0 Å².